The lowest BCUT2D eigenvalue weighted by atomic mass is 10.2. The van der Waals surface area contributed by atoms with E-state index in [2.05, 4.69) is 58.5 Å². The lowest BCUT2D eigenvalue weighted by Gasteiger charge is -2.15. The van der Waals surface area contributed by atoms with Gasteiger partial charge in [-0.2, -0.15) is 10.3 Å². The van der Waals surface area contributed by atoms with E-state index < -0.39 is 0 Å². The highest BCUT2D eigenvalue weighted by molar-refractivity contribution is 8.00. The third-order valence-corrected chi connectivity index (χ3v) is 5.38. The molecule has 0 saturated heterocycles. The third-order valence-electron chi connectivity index (χ3n) is 3.24. The Morgan fingerprint density at radius 3 is 2.86 bits per heavy atom. The largest absolute Gasteiger partial charge is 0.384 e. The second-order valence-corrected chi connectivity index (χ2v) is 7.46. The van der Waals surface area contributed by atoms with Crippen LogP contribution in [0, 0.1) is 0 Å². The van der Waals surface area contributed by atoms with E-state index in [0.29, 0.717) is 11.5 Å². The molecule has 1 aromatic carbocycles. The molecule has 0 fully saturated rings. The molecule has 2 heterocycles. The van der Waals surface area contributed by atoms with Crippen molar-refractivity contribution in [2.24, 2.45) is 0 Å². The summed E-state index contributed by atoms with van der Waals surface area (Å²) in [6.45, 7) is 4.37. The van der Waals surface area contributed by atoms with E-state index in [4.69, 9.17) is 5.73 Å². The molecule has 0 aliphatic carbocycles. The number of nitrogens with zero attached hydrogens (tertiary/aromatic N) is 3. The molecule has 0 radical (unpaired) electrons. The Morgan fingerprint density at radius 2 is 2.05 bits per heavy atom. The van der Waals surface area contributed by atoms with Crippen molar-refractivity contribution in [3.05, 3.63) is 35.9 Å². The van der Waals surface area contributed by atoms with Crippen LogP contribution in [0.1, 0.15) is 24.7 Å². The number of rotatable bonds is 5. The van der Waals surface area contributed by atoms with E-state index in [0.717, 1.165) is 16.2 Å². The molecule has 0 bridgehead atoms. The van der Waals surface area contributed by atoms with E-state index in [1.54, 1.807) is 11.8 Å². The molecule has 0 aliphatic rings. The minimum atomic E-state index is 0.289. The van der Waals surface area contributed by atoms with Gasteiger partial charge in [0.25, 0.3) is 0 Å². The number of nitrogen functional groups attached to an aromatic ring is 1. The van der Waals surface area contributed by atoms with E-state index in [1.807, 2.05) is 17.8 Å². The lowest BCUT2D eigenvalue weighted by molar-refractivity contribution is 0.952. The van der Waals surface area contributed by atoms with Crippen molar-refractivity contribution < 1.29 is 0 Å². The minimum absolute atomic E-state index is 0.289. The topological polar surface area (TPSA) is 80.5 Å². The van der Waals surface area contributed by atoms with Crippen LogP contribution in [0.5, 0.6) is 0 Å². The average molecular weight is 331 g/mol. The number of aromatic amines is 1. The summed E-state index contributed by atoms with van der Waals surface area (Å²) in [5.74, 6) is 1.52. The molecule has 3 N–H and O–H groups in total. The molecule has 3 aromatic rings. The summed E-state index contributed by atoms with van der Waals surface area (Å²) in [6.07, 6.45) is 0. The van der Waals surface area contributed by atoms with E-state index in [-0.39, 0.29) is 5.25 Å². The van der Waals surface area contributed by atoms with Crippen molar-refractivity contribution in [2.45, 2.75) is 28.9 Å². The van der Waals surface area contributed by atoms with Crippen LogP contribution < -0.4 is 5.73 Å². The van der Waals surface area contributed by atoms with Gasteiger partial charge in [-0.3, -0.25) is 0 Å². The van der Waals surface area contributed by atoms with Crippen LogP contribution >= 0.6 is 23.5 Å². The van der Waals surface area contributed by atoms with Crippen molar-refractivity contribution in [1.29, 1.82) is 0 Å². The van der Waals surface area contributed by atoms with Crippen molar-refractivity contribution >= 4 is 40.5 Å². The molecular formula is C15H17N5S2. The van der Waals surface area contributed by atoms with Crippen molar-refractivity contribution in [2.75, 3.05) is 11.5 Å². The molecule has 22 heavy (non-hydrogen) atoms. The van der Waals surface area contributed by atoms with Crippen LogP contribution in [0.4, 0.5) is 5.82 Å². The quantitative estimate of drug-likeness (QED) is 0.690. The fraction of sp³-hybridized carbons (Fsp3) is 0.267. The number of nitrogens with one attached hydrogen (secondary N) is 1. The van der Waals surface area contributed by atoms with Gasteiger partial charge in [-0.1, -0.05) is 25.1 Å². The van der Waals surface area contributed by atoms with Gasteiger partial charge in [0.05, 0.1) is 0 Å². The maximum atomic E-state index is 5.87. The minimum Gasteiger partial charge on any atom is -0.384 e. The first-order valence-corrected chi connectivity index (χ1v) is 8.91. The highest BCUT2D eigenvalue weighted by atomic mass is 32.2. The van der Waals surface area contributed by atoms with Gasteiger partial charge in [0, 0.05) is 15.0 Å². The first-order valence-electron chi connectivity index (χ1n) is 7.04. The summed E-state index contributed by atoms with van der Waals surface area (Å²) in [6, 6.07) is 10.4. The van der Waals surface area contributed by atoms with Crippen LogP contribution in [0.25, 0.3) is 11.2 Å². The van der Waals surface area contributed by atoms with Gasteiger partial charge in [0.15, 0.2) is 0 Å². The van der Waals surface area contributed by atoms with Crippen LogP contribution in [0.3, 0.4) is 0 Å². The number of hydrogen-bond donors (Lipinski definition) is 2. The first-order chi connectivity index (χ1) is 10.7. The smallest absolute Gasteiger partial charge is 0.204 e. The molecule has 0 aliphatic heterocycles. The number of H-pyrrole nitrogens is 1. The standard InChI is InChI=1S/C15H17N5S2/c1-3-21-11-7-5-4-6-10(11)9(2)22-12-8-13(16)17-15-14(12)18-20-19-15/h4-9H,3H2,1-2H3,(H3,16,17,18,19,20). The van der Waals surface area contributed by atoms with Gasteiger partial charge in [-0.05, 0) is 30.4 Å². The fourth-order valence-electron chi connectivity index (χ4n) is 2.27. The summed E-state index contributed by atoms with van der Waals surface area (Å²) >= 11 is 3.59. The maximum Gasteiger partial charge on any atom is 0.204 e. The van der Waals surface area contributed by atoms with Crippen LogP contribution in [0.15, 0.2) is 40.1 Å². The summed E-state index contributed by atoms with van der Waals surface area (Å²) in [5, 5.41) is 11.1. The number of thioether (sulfide) groups is 2. The molecule has 3 rings (SSSR count). The Morgan fingerprint density at radius 1 is 1.23 bits per heavy atom. The molecule has 7 heteroatoms. The maximum absolute atomic E-state index is 5.87. The SMILES string of the molecule is CCSc1ccccc1C(C)Sc1cc(N)nc2n[nH]nc12. The second kappa shape index (κ2) is 6.58. The second-order valence-electron chi connectivity index (χ2n) is 4.77. The zero-order chi connectivity index (χ0) is 15.5. The third kappa shape index (κ3) is 3.05. The molecule has 0 saturated carbocycles. The highest BCUT2D eigenvalue weighted by Gasteiger charge is 2.16. The molecule has 0 spiro atoms. The summed E-state index contributed by atoms with van der Waals surface area (Å²) in [5.41, 5.74) is 8.52. The van der Waals surface area contributed by atoms with Crippen LogP contribution in [0.2, 0.25) is 0 Å². The average Bonchev–Trinajstić information content (AvgIpc) is 2.96. The first kappa shape index (κ1) is 15.2. The van der Waals surface area contributed by atoms with Gasteiger partial charge in [-0.15, -0.1) is 28.6 Å². The Bertz CT molecular complexity index is 786. The zero-order valence-electron chi connectivity index (χ0n) is 12.4. The predicted molar refractivity (Wildman–Crippen MR) is 93.2 cm³/mol. The number of aromatic nitrogens is 4. The van der Waals surface area contributed by atoms with Crippen molar-refractivity contribution in [3.8, 4) is 0 Å². The lowest BCUT2D eigenvalue weighted by Crippen LogP contribution is -1.95. The van der Waals surface area contributed by atoms with Gasteiger partial charge >= 0.3 is 0 Å². The van der Waals surface area contributed by atoms with E-state index in [1.165, 1.54) is 10.5 Å². The molecule has 0 amide bonds. The number of nitrogens with two attached hydrogens (primary N) is 1. The zero-order valence-corrected chi connectivity index (χ0v) is 14.0. The Labute approximate surface area is 137 Å². The summed E-state index contributed by atoms with van der Waals surface area (Å²) in [4.78, 5) is 6.50. The highest BCUT2D eigenvalue weighted by Crippen LogP contribution is 2.41. The van der Waals surface area contributed by atoms with Crippen LogP contribution in [-0.4, -0.2) is 26.1 Å². The van der Waals surface area contributed by atoms with Gasteiger partial charge in [0.2, 0.25) is 5.65 Å². The van der Waals surface area contributed by atoms with Gasteiger partial charge in [0.1, 0.15) is 11.3 Å². The summed E-state index contributed by atoms with van der Waals surface area (Å²) in [7, 11) is 0. The molecule has 114 valence electrons. The number of anilines is 1. The number of fused-ring (bicyclic) bond motifs is 1. The summed E-state index contributed by atoms with van der Waals surface area (Å²) < 4.78 is 0. The monoisotopic (exact) mass is 331 g/mol. The normalized spacial score (nSPS) is 12.6. The van der Waals surface area contributed by atoms with Gasteiger partial charge in [-0.25, -0.2) is 4.98 Å². The molecule has 1 unspecified atom stereocenters. The number of hydrogen-bond acceptors (Lipinski definition) is 6. The number of benzene rings is 1. The molecule has 1 atom stereocenters. The predicted octanol–water partition coefficient (Wildman–Crippen LogP) is 3.90. The fourth-order valence-corrected chi connectivity index (χ4v) is 4.40. The van der Waals surface area contributed by atoms with Crippen molar-refractivity contribution in [3.63, 3.8) is 0 Å². The van der Waals surface area contributed by atoms with Crippen molar-refractivity contribution in [1.82, 2.24) is 20.4 Å². The molecule has 2 aromatic heterocycles. The molecule has 5 nitrogen and oxygen atoms in total. The van der Waals surface area contributed by atoms with E-state index >= 15 is 0 Å². The Kier molecular flexibility index (Phi) is 4.54. The van der Waals surface area contributed by atoms with E-state index in [9.17, 15) is 0 Å². The Balaban J connectivity index is 1.93. The molecular weight excluding hydrogens is 314 g/mol. The van der Waals surface area contributed by atoms with Crippen LogP contribution in [-0.2, 0) is 0 Å². The number of pyridine rings is 1. The van der Waals surface area contributed by atoms with Gasteiger partial charge < -0.3 is 5.73 Å². The Hall–Kier alpha value is -1.73.